The van der Waals surface area contributed by atoms with Gasteiger partial charge in [0.1, 0.15) is 24.2 Å². The van der Waals surface area contributed by atoms with Crippen molar-refractivity contribution in [1.82, 2.24) is 26.6 Å². The van der Waals surface area contributed by atoms with E-state index in [4.69, 9.17) is 27.4 Å². The lowest BCUT2D eigenvalue weighted by atomic mass is 10.1. The highest BCUT2D eigenvalue weighted by molar-refractivity contribution is 5.95. The van der Waals surface area contributed by atoms with Gasteiger partial charge in [-0.1, -0.05) is 0 Å². The smallest absolute Gasteiger partial charge is 0.326 e. The quantitative estimate of drug-likeness (QED) is 0.0555. The molecule has 0 heterocycles. The Morgan fingerprint density at radius 2 is 1.24 bits per heavy atom. The summed E-state index contributed by atoms with van der Waals surface area (Å²) in [6, 6.07) is -5.94. The van der Waals surface area contributed by atoms with E-state index in [1.54, 1.807) is 0 Å². The van der Waals surface area contributed by atoms with E-state index in [0.717, 1.165) is 0 Å². The first-order valence-electron chi connectivity index (χ1n) is 12.5. The fourth-order valence-electron chi connectivity index (χ4n) is 3.23. The van der Waals surface area contributed by atoms with Crippen molar-refractivity contribution in [2.45, 2.75) is 62.7 Å². The number of unbranched alkanes of at least 4 members (excludes halogenated alkanes) is 1. The van der Waals surface area contributed by atoms with E-state index in [9.17, 15) is 43.5 Å². The Labute approximate surface area is 234 Å². The Bertz CT molecular complexity index is 962. The molecule has 0 fully saturated rings. The molecule has 0 bridgehead atoms. The fraction of sp³-hybridized carbons (Fsp3) is 0.636. The molecule has 0 aliphatic heterocycles. The van der Waals surface area contributed by atoms with Crippen LogP contribution in [-0.2, 0) is 38.4 Å². The highest BCUT2D eigenvalue weighted by Crippen LogP contribution is 2.03. The third-order valence-electron chi connectivity index (χ3n) is 5.34. The molecule has 0 rings (SSSR count). The first-order chi connectivity index (χ1) is 19.2. The van der Waals surface area contributed by atoms with Gasteiger partial charge in [0, 0.05) is 6.42 Å². The molecule has 0 spiro atoms. The Balaban J connectivity index is 5.27. The van der Waals surface area contributed by atoms with Crippen LogP contribution in [0.3, 0.4) is 0 Å². The maximum absolute atomic E-state index is 12.6. The topological polar surface area (TPSA) is 335 Å². The molecule has 19 heteroatoms. The molecule has 0 aromatic rings. The van der Waals surface area contributed by atoms with Crippen LogP contribution >= 0.6 is 0 Å². The number of hydrogen-bond acceptors (Lipinski definition) is 11. The highest BCUT2D eigenvalue weighted by Gasteiger charge is 2.29. The van der Waals surface area contributed by atoms with Gasteiger partial charge < -0.3 is 59.1 Å². The van der Waals surface area contributed by atoms with Crippen molar-refractivity contribution in [3.05, 3.63) is 0 Å². The van der Waals surface area contributed by atoms with Gasteiger partial charge >= 0.3 is 11.9 Å². The number of aliphatic hydroxyl groups is 1. The van der Waals surface area contributed by atoms with E-state index in [-0.39, 0.29) is 6.42 Å². The van der Waals surface area contributed by atoms with Crippen molar-refractivity contribution in [2.24, 2.45) is 17.2 Å². The first kappa shape index (κ1) is 36.6. The molecule has 0 unspecified atom stereocenters. The standard InChI is InChI=1S/C22H38N8O11/c23-6-2-1-3-11(27-16(33)8-24)20(38)30-14(10-31)19(37)26-9-17(34)28-12(4-5-18(35)36)21(39)29-13(22(40)41)7-15(25)32/h11-14,31H,1-10,23-24H2,(H2,25,32)(H,26,37)(H,27,33)(H,28,34)(H,29,39)(H,30,38)(H,35,36)(H,40,41)/t11-,12-,13-,14-/m0/s1. The molecule has 4 atom stereocenters. The molecule has 41 heavy (non-hydrogen) atoms. The average Bonchev–Trinajstić information content (AvgIpc) is 2.90. The second-order valence-corrected chi connectivity index (χ2v) is 8.69. The molecule has 0 saturated carbocycles. The van der Waals surface area contributed by atoms with Gasteiger partial charge in [0.25, 0.3) is 0 Å². The molecular formula is C22H38N8O11. The summed E-state index contributed by atoms with van der Waals surface area (Å²) in [6.45, 7) is -1.74. The van der Waals surface area contributed by atoms with Gasteiger partial charge in [-0.2, -0.15) is 0 Å². The molecule has 14 N–H and O–H groups in total. The number of aliphatic hydroxyl groups excluding tert-OH is 1. The van der Waals surface area contributed by atoms with E-state index in [1.165, 1.54) is 0 Å². The zero-order valence-corrected chi connectivity index (χ0v) is 22.2. The van der Waals surface area contributed by atoms with Crippen LogP contribution in [0.4, 0.5) is 0 Å². The number of carbonyl (C=O) groups excluding carboxylic acids is 6. The van der Waals surface area contributed by atoms with Crippen molar-refractivity contribution in [2.75, 3.05) is 26.2 Å². The zero-order valence-electron chi connectivity index (χ0n) is 22.2. The summed E-state index contributed by atoms with van der Waals surface area (Å²) in [5, 5.41) is 38.5. The predicted molar refractivity (Wildman–Crippen MR) is 138 cm³/mol. The number of nitrogens with two attached hydrogens (primary N) is 3. The van der Waals surface area contributed by atoms with Crippen LogP contribution < -0.4 is 43.8 Å². The SMILES string of the molecule is NCCCC[C@H](NC(=O)CN)C(=O)N[C@@H](CO)C(=O)NCC(=O)N[C@@H](CCC(=O)O)C(=O)N[C@@H](CC(N)=O)C(=O)O. The van der Waals surface area contributed by atoms with Crippen LogP contribution in [-0.4, -0.2) is 113 Å². The van der Waals surface area contributed by atoms with E-state index < -0.39 is 111 Å². The van der Waals surface area contributed by atoms with Gasteiger partial charge in [-0.15, -0.1) is 0 Å². The van der Waals surface area contributed by atoms with Crippen LogP contribution in [0.2, 0.25) is 0 Å². The van der Waals surface area contributed by atoms with Crippen LogP contribution in [0.1, 0.15) is 38.5 Å². The third kappa shape index (κ3) is 15.7. The maximum atomic E-state index is 12.6. The molecule has 0 radical (unpaired) electrons. The first-order valence-corrected chi connectivity index (χ1v) is 12.5. The van der Waals surface area contributed by atoms with Gasteiger partial charge in [0.2, 0.25) is 35.4 Å². The summed E-state index contributed by atoms with van der Waals surface area (Å²) >= 11 is 0. The number of amides is 6. The molecule has 19 nitrogen and oxygen atoms in total. The summed E-state index contributed by atoms with van der Waals surface area (Å²) in [5.41, 5.74) is 15.6. The normalized spacial score (nSPS) is 13.4. The molecule has 0 saturated heterocycles. The molecule has 0 aromatic carbocycles. The summed E-state index contributed by atoms with van der Waals surface area (Å²) in [4.78, 5) is 94.9. The summed E-state index contributed by atoms with van der Waals surface area (Å²) in [5.74, 6) is -8.57. The van der Waals surface area contributed by atoms with E-state index >= 15 is 0 Å². The van der Waals surface area contributed by atoms with Gasteiger partial charge in [-0.3, -0.25) is 33.6 Å². The van der Waals surface area contributed by atoms with E-state index in [1.807, 2.05) is 5.32 Å². The Kier molecular flexibility index (Phi) is 17.6. The lowest BCUT2D eigenvalue weighted by Gasteiger charge is -2.22. The van der Waals surface area contributed by atoms with Crippen LogP contribution in [0.15, 0.2) is 0 Å². The monoisotopic (exact) mass is 590 g/mol. The number of nitrogens with one attached hydrogen (secondary N) is 5. The highest BCUT2D eigenvalue weighted by atomic mass is 16.4. The number of carboxylic acid groups (broad SMARTS) is 2. The summed E-state index contributed by atoms with van der Waals surface area (Å²) in [6.07, 6.45) is -0.673. The number of primary amides is 1. The number of hydrogen-bond donors (Lipinski definition) is 11. The van der Waals surface area contributed by atoms with Crippen molar-refractivity contribution >= 4 is 47.4 Å². The average molecular weight is 591 g/mol. The number of carboxylic acids is 2. The van der Waals surface area contributed by atoms with E-state index in [0.29, 0.717) is 19.4 Å². The molecule has 0 aromatic heterocycles. The molecule has 0 aliphatic rings. The largest absolute Gasteiger partial charge is 0.481 e. The molecule has 232 valence electrons. The number of aliphatic carboxylic acids is 2. The van der Waals surface area contributed by atoms with Crippen molar-refractivity contribution in [1.29, 1.82) is 0 Å². The lowest BCUT2D eigenvalue weighted by Crippen LogP contribution is -2.57. The Morgan fingerprint density at radius 3 is 1.73 bits per heavy atom. The Hall–Kier alpha value is -4.36. The minimum atomic E-state index is -1.74. The van der Waals surface area contributed by atoms with Crippen molar-refractivity contribution < 1.29 is 53.7 Å². The summed E-state index contributed by atoms with van der Waals surface area (Å²) in [7, 11) is 0. The number of carbonyl (C=O) groups is 8. The van der Waals surface area contributed by atoms with Crippen molar-refractivity contribution in [3.8, 4) is 0 Å². The molecular weight excluding hydrogens is 552 g/mol. The van der Waals surface area contributed by atoms with Crippen LogP contribution in [0.25, 0.3) is 0 Å². The van der Waals surface area contributed by atoms with E-state index in [2.05, 4.69) is 21.3 Å². The van der Waals surface area contributed by atoms with Gasteiger partial charge in [-0.25, -0.2) is 4.79 Å². The van der Waals surface area contributed by atoms with Crippen molar-refractivity contribution in [3.63, 3.8) is 0 Å². The zero-order chi connectivity index (χ0) is 31.5. The minimum absolute atomic E-state index is 0.166. The number of rotatable bonds is 21. The fourth-order valence-corrected chi connectivity index (χ4v) is 3.23. The second-order valence-electron chi connectivity index (χ2n) is 8.69. The lowest BCUT2D eigenvalue weighted by molar-refractivity contribution is -0.144. The third-order valence-corrected chi connectivity index (χ3v) is 5.34. The summed E-state index contributed by atoms with van der Waals surface area (Å²) < 4.78 is 0. The molecule has 0 aliphatic carbocycles. The van der Waals surface area contributed by atoms with Crippen LogP contribution in [0, 0.1) is 0 Å². The second kappa shape index (κ2) is 19.7. The van der Waals surface area contributed by atoms with Gasteiger partial charge in [0.15, 0.2) is 0 Å². The maximum Gasteiger partial charge on any atom is 0.326 e. The van der Waals surface area contributed by atoms with Gasteiger partial charge in [-0.05, 0) is 32.2 Å². The predicted octanol–water partition coefficient (Wildman–Crippen LogP) is -6.05. The minimum Gasteiger partial charge on any atom is -0.481 e. The van der Waals surface area contributed by atoms with Crippen LogP contribution in [0.5, 0.6) is 0 Å². The molecule has 6 amide bonds. The van der Waals surface area contributed by atoms with Gasteiger partial charge in [0.05, 0.1) is 26.1 Å². The Morgan fingerprint density at radius 1 is 0.683 bits per heavy atom.